The first-order valence-electron chi connectivity index (χ1n) is 6.21. The number of methoxy groups -OCH3 is 1. The minimum absolute atomic E-state index is 0.0800. The second-order valence-corrected chi connectivity index (χ2v) is 7.59. The Morgan fingerprint density at radius 1 is 1.06 bits per heavy atom. The van der Waals surface area contributed by atoms with Crippen molar-refractivity contribution in [1.29, 1.82) is 0 Å². The molecule has 0 amide bonds. The van der Waals surface area contributed by atoms with Gasteiger partial charge < -0.3 is 19.3 Å². The molecule has 110 valence electrons. The molecule has 0 unspecified atom stereocenters. The van der Waals surface area contributed by atoms with Gasteiger partial charge in [0.15, 0.2) is 0 Å². The maximum absolute atomic E-state index is 10.7. The highest BCUT2D eigenvalue weighted by atomic mass is 31.2. The normalized spacial score (nSPS) is 13.9. The van der Waals surface area contributed by atoms with Crippen molar-refractivity contribution in [2.75, 3.05) is 19.9 Å². The van der Waals surface area contributed by atoms with Gasteiger partial charge in [0.25, 0.3) is 0 Å². The molecule has 0 aliphatic heterocycles. The number of hydrogen-bond donors (Lipinski definition) is 2. The summed E-state index contributed by atoms with van der Waals surface area (Å²) in [5.41, 5.74) is -0.568. The average molecular weight is 282 g/mol. The van der Waals surface area contributed by atoms with Gasteiger partial charge in [-0.15, -0.1) is 0 Å². The molecule has 0 radical (unpaired) electrons. The van der Waals surface area contributed by atoms with Crippen molar-refractivity contribution < 1.29 is 23.8 Å². The third-order valence-electron chi connectivity index (χ3n) is 2.98. The summed E-state index contributed by atoms with van der Waals surface area (Å²) < 4.78 is 21.8. The Balaban J connectivity index is 3.91. The van der Waals surface area contributed by atoms with Crippen LogP contribution in [0.3, 0.4) is 0 Å². The second kappa shape index (κ2) is 7.01. The lowest BCUT2D eigenvalue weighted by molar-refractivity contribution is -0.0612. The largest absolute Gasteiger partial charge is 0.379 e. The molecule has 0 spiro atoms. The van der Waals surface area contributed by atoms with Crippen LogP contribution in [-0.2, 0) is 14.0 Å². The van der Waals surface area contributed by atoms with Crippen molar-refractivity contribution in [3.8, 4) is 0 Å². The zero-order chi connectivity index (χ0) is 14.4. The van der Waals surface area contributed by atoms with Gasteiger partial charge in [0, 0.05) is 13.3 Å². The van der Waals surface area contributed by atoms with Crippen LogP contribution in [0.15, 0.2) is 0 Å². The van der Waals surface area contributed by atoms with E-state index in [0.29, 0.717) is 19.4 Å². The average Bonchev–Trinajstić information content (AvgIpc) is 2.14. The van der Waals surface area contributed by atoms with E-state index in [0.717, 1.165) is 6.42 Å². The molecule has 0 aromatic rings. The Kier molecular flexibility index (Phi) is 7.04. The summed E-state index contributed by atoms with van der Waals surface area (Å²) in [4.78, 5) is 17.6. The van der Waals surface area contributed by atoms with Gasteiger partial charge in [-0.25, -0.2) is 0 Å². The highest BCUT2D eigenvalue weighted by molar-refractivity contribution is 7.51. The minimum atomic E-state index is -3.88. The Hall–Kier alpha value is 0.0700. The van der Waals surface area contributed by atoms with Crippen LogP contribution in [0.2, 0.25) is 0 Å². The predicted octanol–water partition coefficient (Wildman–Crippen LogP) is 2.55. The standard InChI is InChI=1S/C12H27O5P/c1-11(2,16-5)8-9-17-12(3,4)7-6-10-18(13,14)15/h6-10H2,1-5H3,(H2,13,14,15). The Morgan fingerprint density at radius 2 is 1.61 bits per heavy atom. The molecule has 0 saturated carbocycles. The van der Waals surface area contributed by atoms with Crippen LogP contribution in [0, 0.1) is 0 Å². The quantitative estimate of drug-likeness (QED) is 0.636. The van der Waals surface area contributed by atoms with Gasteiger partial charge in [-0.05, 0) is 47.0 Å². The van der Waals surface area contributed by atoms with Gasteiger partial charge in [0.1, 0.15) is 0 Å². The SMILES string of the molecule is COC(C)(C)CCOC(C)(C)CCCP(=O)(O)O. The molecule has 0 aromatic heterocycles. The fraction of sp³-hybridized carbons (Fsp3) is 1.00. The zero-order valence-electron chi connectivity index (χ0n) is 12.1. The van der Waals surface area contributed by atoms with Crippen molar-refractivity contribution in [2.24, 2.45) is 0 Å². The minimum Gasteiger partial charge on any atom is -0.379 e. The summed E-state index contributed by atoms with van der Waals surface area (Å²) in [7, 11) is -2.21. The maximum Gasteiger partial charge on any atom is 0.325 e. The van der Waals surface area contributed by atoms with Crippen LogP contribution < -0.4 is 0 Å². The molecule has 0 bridgehead atoms. The highest BCUT2D eigenvalue weighted by Crippen LogP contribution is 2.36. The van der Waals surface area contributed by atoms with E-state index >= 15 is 0 Å². The molecule has 0 aliphatic carbocycles. The molecule has 0 aliphatic rings. The molecule has 6 heteroatoms. The molecule has 0 fully saturated rings. The molecule has 0 aromatic carbocycles. The third-order valence-corrected chi connectivity index (χ3v) is 3.88. The Bertz CT molecular complexity index is 282. The first-order valence-corrected chi connectivity index (χ1v) is 8.01. The van der Waals surface area contributed by atoms with Crippen LogP contribution in [0.4, 0.5) is 0 Å². The lowest BCUT2D eigenvalue weighted by atomic mass is 10.0. The smallest absolute Gasteiger partial charge is 0.325 e. The zero-order valence-corrected chi connectivity index (χ0v) is 13.0. The summed E-state index contributed by atoms with van der Waals surface area (Å²) in [6, 6.07) is 0. The molecule has 0 saturated heterocycles. The Labute approximate surface area is 110 Å². The van der Waals surface area contributed by atoms with E-state index in [9.17, 15) is 4.57 Å². The lowest BCUT2D eigenvalue weighted by Crippen LogP contribution is -2.30. The molecule has 18 heavy (non-hydrogen) atoms. The van der Waals surface area contributed by atoms with Crippen molar-refractivity contribution in [2.45, 2.75) is 58.2 Å². The van der Waals surface area contributed by atoms with Crippen molar-refractivity contribution in [3.05, 3.63) is 0 Å². The number of ether oxygens (including phenoxy) is 2. The summed E-state index contributed by atoms with van der Waals surface area (Å²) in [5, 5.41) is 0. The molecular weight excluding hydrogens is 255 g/mol. The Morgan fingerprint density at radius 3 is 2.06 bits per heavy atom. The van der Waals surface area contributed by atoms with Gasteiger partial charge in [0.05, 0.1) is 17.8 Å². The lowest BCUT2D eigenvalue weighted by Gasteiger charge is -2.29. The molecule has 0 rings (SSSR count). The maximum atomic E-state index is 10.7. The third kappa shape index (κ3) is 10.0. The molecule has 2 N–H and O–H groups in total. The van der Waals surface area contributed by atoms with Crippen LogP contribution >= 0.6 is 7.60 Å². The van der Waals surface area contributed by atoms with Gasteiger partial charge in [0.2, 0.25) is 0 Å². The van der Waals surface area contributed by atoms with E-state index in [1.165, 1.54) is 0 Å². The molecule has 0 heterocycles. The molecule has 5 nitrogen and oxygen atoms in total. The fourth-order valence-corrected chi connectivity index (χ4v) is 2.03. The fourth-order valence-electron chi connectivity index (χ4n) is 1.46. The summed E-state index contributed by atoms with van der Waals surface area (Å²) in [5.74, 6) is 0. The van der Waals surface area contributed by atoms with Gasteiger partial charge in [-0.1, -0.05) is 0 Å². The summed E-state index contributed by atoms with van der Waals surface area (Å²) in [6.07, 6.45) is 1.80. The van der Waals surface area contributed by atoms with Crippen molar-refractivity contribution in [1.82, 2.24) is 0 Å². The first kappa shape index (κ1) is 18.1. The summed E-state index contributed by atoms with van der Waals surface area (Å²) >= 11 is 0. The van der Waals surface area contributed by atoms with Crippen LogP contribution in [0.25, 0.3) is 0 Å². The van der Waals surface area contributed by atoms with E-state index in [1.54, 1.807) is 7.11 Å². The van der Waals surface area contributed by atoms with E-state index in [2.05, 4.69) is 0 Å². The monoisotopic (exact) mass is 282 g/mol. The van der Waals surface area contributed by atoms with Gasteiger partial charge in [-0.3, -0.25) is 4.57 Å². The van der Waals surface area contributed by atoms with E-state index in [4.69, 9.17) is 19.3 Å². The topological polar surface area (TPSA) is 76.0 Å². The molecule has 0 atom stereocenters. The van der Waals surface area contributed by atoms with E-state index in [1.807, 2.05) is 27.7 Å². The van der Waals surface area contributed by atoms with Crippen LogP contribution in [-0.4, -0.2) is 40.9 Å². The molecular formula is C12H27O5P. The second-order valence-electron chi connectivity index (χ2n) is 5.81. The van der Waals surface area contributed by atoms with E-state index in [-0.39, 0.29) is 17.4 Å². The predicted molar refractivity (Wildman–Crippen MR) is 71.9 cm³/mol. The van der Waals surface area contributed by atoms with Gasteiger partial charge >= 0.3 is 7.60 Å². The van der Waals surface area contributed by atoms with Crippen LogP contribution in [0.1, 0.15) is 47.0 Å². The number of rotatable bonds is 9. The summed E-state index contributed by atoms with van der Waals surface area (Å²) in [6.45, 7) is 8.44. The van der Waals surface area contributed by atoms with Gasteiger partial charge in [-0.2, -0.15) is 0 Å². The van der Waals surface area contributed by atoms with Crippen molar-refractivity contribution in [3.63, 3.8) is 0 Å². The first-order chi connectivity index (χ1) is 7.97. The number of hydrogen-bond acceptors (Lipinski definition) is 3. The van der Waals surface area contributed by atoms with Crippen LogP contribution in [0.5, 0.6) is 0 Å². The van der Waals surface area contributed by atoms with Crippen molar-refractivity contribution >= 4 is 7.60 Å². The highest BCUT2D eigenvalue weighted by Gasteiger charge is 2.23. The van der Waals surface area contributed by atoms with E-state index < -0.39 is 7.60 Å².